The summed E-state index contributed by atoms with van der Waals surface area (Å²) in [5, 5.41) is 0. The van der Waals surface area contributed by atoms with Crippen molar-refractivity contribution in [1.29, 1.82) is 0 Å². The number of hydrogen-bond donors (Lipinski definition) is 0. The standard InChI is InChI=1S/C13H16F2N2O4/c1-9(18)21-11-4-3-10(17-7-13(14,15)8-17)12(16-11)20-6-5-19-2/h3-4H,5-8H2,1-2H3. The second kappa shape index (κ2) is 6.21. The molecule has 2 rings (SSSR count). The first kappa shape index (κ1) is 15.4. The van der Waals surface area contributed by atoms with E-state index in [0.29, 0.717) is 12.3 Å². The quantitative estimate of drug-likeness (QED) is 0.586. The molecule has 0 spiro atoms. The van der Waals surface area contributed by atoms with Gasteiger partial charge in [-0.3, -0.25) is 4.79 Å². The number of anilines is 1. The van der Waals surface area contributed by atoms with Crippen molar-refractivity contribution in [2.75, 3.05) is 38.3 Å². The normalized spacial score (nSPS) is 16.3. The van der Waals surface area contributed by atoms with Crippen LogP contribution in [0.1, 0.15) is 6.92 Å². The summed E-state index contributed by atoms with van der Waals surface area (Å²) in [6.07, 6.45) is 0. The minimum atomic E-state index is -2.70. The summed E-state index contributed by atoms with van der Waals surface area (Å²) >= 11 is 0. The summed E-state index contributed by atoms with van der Waals surface area (Å²) in [5.74, 6) is -3.01. The first-order valence-electron chi connectivity index (χ1n) is 6.35. The number of hydrogen-bond acceptors (Lipinski definition) is 6. The van der Waals surface area contributed by atoms with Crippen LogP contribution in [0.4, 0.5) is 14.5 Å². The Balaban J connectivity index is 2.15. The molecule has 1 aromatic rings. The Morgan fingerprint density at radius 2 is 2.10 bits per heavy atom. The maximum absolute atomic E-state index is 13.0. The second-order valence-corrected chi connectivity index (χ2v) is 4.62. The molecule has 1 aliphatic heterocycles. The van der Waals surface area contributed by atoms with E-state index in [1.54, 1.807) is 6.07 Å². The van der Waals surface area contributed by atoms with Gasteiger partial charge in [-0.1, -0.05) is 0 Å². The topological polar surface area (TPSA) is 60.9 Å². The van der Waals surface area contributed by atoms with Crippen molar-refractivity contribution in [1.82, 2.24) is 4.98 Å². The highest BCUT2D eigenvalue weighted by Gasteiger charge is 2.45. The van der Waals surface area contributed by atoms with Crippen LogP contribution in [0.5, 0.6) is 11.8 Å². The summed E-state index contributed by atoms with van der Waals surface area (Å²) in [6.45, 7) is 1.01. The number of halogens is 2. The molecule has 0 aromatic carbocycles. The van der Waals surface area contributed by atoms with E-state index in [4.69, 9.17) is 14.2 Å². The summed E-state index contributed by atoms with van der Waals surface area (Å²) in [6, 6.07) is 2.99. The lowest BCUT2D eigenvalue weighted by Gasteiger charge is -2.40. The predicted molar refractivity (Wildman–Crippen MR) is 70.1 cm³/mol. The van der Waals surface area contributed by atoms with Gasteiger partial charge >= 0.3 is 5.97 Å². The zero-order valence-corrected chi connectivity index (χ0v) is 11.8. The largest absolute Gasteiger partial charge is 0.474 e. The molecular weight excluding hydrogens is 286 g/mol. The number of nitrogens with zero attached hydrogens (tertiary/aromatic N) is 2. The van der Waals surface area contributed by atoms with E-state index in [2.05, 4.69) is 4.98 Å². The average Bonchev–Trinajstić information content (AvgIpc) is 2.36. The minimum Gasteiger partial charge on any atom is -0.474 e. The van der Waals surface area contributed by atoms with Crippen LogP contribution in [0.15, 0.2) is 12.1 Å². The van der Waals surface area contributed by atoms with Crippen molar-refractivity contribution >= 4 is 11.7 Å². The van der Waals surface area contributed by atoms with E-state index in [1.807, 2.05) is 0 Å². The third-order valence-corrected chi connectivity index (χ3v) is 2.77. The third kappa shape index (κ3) is 4.01. The predicted octanol–water partition coefficient (Wildman–Crippen LogP) is 1.49. The van der Waals surface area contributed by atoms with Gasteiger partial charge in [-0.25, -0.2) is 8.78 Å². The Morgan fingerprint density at radius 1 is 1.38 bits per heavy atom. The number of rotatable bonds is 6. The van der Waals surface area contributed by atoms with Crippen molar-refractivity contribution in [2.24, 2.45) is 0 Å². The first-order valence-corrected chi connectivity index (χ1v) is 6.35. The highest BCUT2D eigenvalue weighted by molar-refractivity contribution is 5.69. The molecule has 1 saturated heterocycles. The van der Waals surface area contributed by atoms with E-state index in [0.717, 1.165) is 0 Å². The number of carbonyl (C=O) groups excluding carboxylic acids is 1. The number of esters is 1. The van der Waals surface area contributed by atoms with Crippen LogP contribution in [0.2, 0.25) is 0 Å². The van der Waals surface area contributed by atoms with Crippen LogP contribution in [-0.4, -0.2) is 50.3 Å². The molecule has 2 heterocycles. The molecule has 0 amide bonds. The van der Waals surface area contributed by atoms with Gasteiger partial charge in [0.1, 0.15) is 12.3 Å². The number of ether oxygens (including phenoxy) is 3. The van der Waals surface area contributed by atoms with Gasteiger partial charge in [0, 0.05) is 20.1 Å². The summed E-state index contributed by atoms with van der Waals surface area (Å²) in [5.41, 5.74) is 0.438. The maximum Gasteiger partial charge on any atom is 0.309 e. The molecule has 21 heavy (non-hydrogen) atoms. The van der Waals surface area contributed by atoms with Gasteiger partial charge in [0.15, 0.2) is 0 Å². The zero-order chi connectivity index (χ0) is 15.5. The van der Waals surface area contributed by atoms with Crippen molar-refractivity contribution in [2.45, 2.75) is 12.8 Å². The fraction of sp³-hybridized carbons (Fsp3) is 0.538. The highest BCUT2D eigenvalue weighted by Crippen LogP contribution is 2.37. The molecule has 0 N–H and O–H groups in total. The van der Waals surface area contributed by atoms with Crippen LogP contribution in [0.25, 0.3) is 0 Å². The van der Waals surface area contributed by atoms with Gasteiger partial charge in [0.25, 0.3) is 5.92 Å². The molecule has 0 atom stereocenters. The van der Waals surface area contributed by atoms with Crippen molar-refractivity contribution in [3.05, 3.63) is 12.1 Å². The molecule has 0 radical (unpaired) electrons. The smallest absolute Gasteiger partial charge is 0.309 e. The van der Waals surface area contributed by atoms with Gasteiger partial charge < -0.3 is 19.1 Å². The Bertz CT molecular complexity index is 517. The molecule has 0 saturated carbocycles. The van der Waals surface area contributed by atoms with Crippen molar-refractivity contribution < 1.29 is 27.8 Å². The highest BCUT2D eigenvalue weighted by atomic mass is 19.3. The van der Waals surface area contributed by atoms with E-state index in [-0.39, 0.29) is 31.5 Å². The molecule has 6 nitrogen and oxygen atoms in total. The molecule has 116 valence electrons. The van der Waals surface area contributed by atoms with Crippen molar-refractivity contribution in [3.63, 3.8) is 0 Å². The van der Waals surface area contributed by atoms with E-state index in [1.165, 1.54) is 25.0 Å². The van der Waals surface area contributed by atoms with Crippen LogP contribution in [-0.2, 0) is 9.53 Å². The van der Waals surface area contributed by atoms with Crippen molar-refractivity contribution in [3.8, 4) is 11.8 Å². The Labute approximate surface area is 120 Å². The molecular formula is C13H16F2N2O4. The van der Waals surface area contributed by atoms with Crippen LogP contribution in [0.3, 0.4) is 0 Å². The molecule has 8 heteroatoms. The van der Waals surface area contributed by atoms with Gasteiger partial charge in [-0.05, 0) is 6.07 Å². The van der Waals surface area contributed by atoms with E-state index < -0.39 is 11.9 Å². The second-order valence-electron chi connectivity index (χ2n) is 4.62. The lowest BCUT2D eigenvalue weighted by molar-refractivity contribution is -0.132. The first-order chi connectivity index (χ1) is 9.91. The monoisotopic (exact) mass is 302 g/mol. The molecule has 0 aliphatic carbocycles. The van der Waals surface area contributed by atoms with Gasteiger partial charge in [0.2, 0.25) is 11.8 Å². The van der Waals surface area contributed by atoms with Gasteiger partial charge in [-0.15, -0.1) is 0 Å². The molecule has 0 unspecified atom stereocenters. The van der Waals surface area contributed by atoms with Crippen LogP contribution >= 0.6 is 0 Å². The lowest BCUT2D eigenvalue weighted by atomic mass is 10.1. The van der Waals surface area contributed by atoms with Crippen LogP contribution in [0, 0.1) is 0 Å². The summed E-state index contributed by atoms with van der Waals surface area (Å²) in [4.78, 5) is 16.4. The number of aromatic nitrogens is 1. The number of carbonyl (C=O) groups is 1. The maximum atomic E-state index is 13.0. The molecule has 0 bridgehead atoms. The zero-order valence-electron chi connectivity index (χ0n) is 11.8. The fourth-order valence-corrected chi connectivity index (χ4v) is 1.87. The van der Waals surface area contributed by atoms with Crippen LogP contribution < -0.4 is 14.4 Å². The lowest BCUT2D eigenvalue weighted by Crippen LogP contribution is -2.56. The summed E-state index contributed by atoms with van der Waals surface area (Å²) in [7, 11) is 1.52. The van der Waals surface area contributed by atoms with E-state index >= 15 is 0 Å². The average molecular weight is 302 g/mol. The number of methoxy groups -OCH3 is 1. The Hall–Kier alpha value is -1.96. The minimum absolute atomic E-state index is 0.0611. The SMILES string of the molecule is COCCOc1nc(OC(C)=O)ccc1N1CC(F)(F)C1. The third-order valence-electron chi connectivity index (χ3n) is 2.77. The van der Waals surface area contributed by atoms with Gasteiger partial charge in [0.05, 0.1) is 19.7 Å². The Morgan fingerprint density at radius 3 is 2.67 bits per heavy atom. The number of pyridine rings is 1. The van der Waals surface area contributed by atoms with E-state index in [9.17, 15) is 13.6 Å². The van der Waals surface area contributed by atoms with Gasteiger partial charge in [-0.2, -0.15) is 4.98 Å². The molecule has 1 fully saturated rings. The summed E-state index contributed by atoms with van der Waals surface area (Å²) < 4.78 is 41.1. The molecule has 1 aromatic heterocycles. The Kier molecular flexibility index (Phi) is 4.56. The molecule has 1 aliphatic rings. The number of alkyl halides is 2. The fourth-order valence-electron chi connectivity index (χ4n) is 1.87.